The minimum atomic E-state index is -4.63. The molecular formula is C20H23F3N4O5S. The minimum absolute atomic E-state index is 0.0241. The van der Waals surface area contributed by atoms with Crippen LogP contribution < -0.4 is 10.0 Å². The van der Waals surface area contributed by atoms with Crippen LogP contribution in [0.4, 0.5) is 19.0 Å². The van der Waals surface area contributed by atoms with Gasteiger partial charge >= 0.3 is 6.18 Å². The Morgan fingerprint density at radius 2 is 1.82 bits per heavy atom. The lowest BCUT2D eigenvalue weighted by Crippen LogP contribution is -2.57. The summed E-state index contributed by atoms with van der Waals surface area (Å²) in [6.07, 6.45) is -4.81. The standard InChI is InChI=1S/C20H23F3N4O5S/c1-19(2)31-17-13(26-16-10-24-9-15(27-16)20(21,22)23)11-30-14(18(17)32-19)8-25-33(28,29)12-6-4-3-5-7-12/h3-7,9-10,13-14,17-18,25H,8,11H2,1-2H3,(H,26,27)/t13-,14+,17+,18-/m0/s1. The van der Waals surface area contributed by atoms with Crippen LogP contribution in [0, 0.1) is 0 Å². The zero-order valence-corrected chi connectivity index (χ0v) is 18.6. The van der Waals surface area contributed by atoms with Crippen LogP contribution >= 0.6 is 0 Å². The summed E-state index contributed by atoms with van der Waals surface area (Å²) in [5.41, 5.74) is -1.13. The van der Waals surface area contributed by atoms with E-state index in [9.17, 15) is 21.6 Å². The van der Waals surface area contributed by atoms with E-state index in [1.54, 1.807) is 32.0 Å². The molecular weight excluding hydrogens is 465 g/mol. The predicted octanol–water partition coefficient (Wildman–Crippen LogP) is 2.17. The number of alkyl halides is 3. The Morgan fingerprint density at radius 3 is 2.52 bits per heavy atom. The third-order valence-corrected chi connectivity index (χ3v) is 6.64. The number of fused-ring (bicyclic) bond motifs is 1. The Labute approximate surface area is 188 Å². The molecule has 2 aliphatic heterocycles. The molecule has 0 radical (unpaired) electrons. The van der Waals surface area contributed by atoms with Gasteiger partial charge in [0.2, 0.25) is 10.0 Å². The van der Waals surface area contributed by atoms with Gasteiger partial charge in [-0.25, -0.2) is 18.1 Å². The largest absolute Gasteiger partial charge is 0.434 e. The van der Waals surface area contributed by atoms with Gasteiger partial charge < -0.3 is 19.5 Å². The maximum atomic E-state index is 13.0. The average Bonchev–Trinajstić information content (AvgIpc) is 3.09. The Kier molecular flexibility index (Phi) is 6.35. The van der Waals surface area contributed by atoms with E-state index in [1.165, 1.54) is 18.3 Å². The number of benzene rings is 1. The van der Waals surface area contributed by atoms with Crippen molar-refractivity contribution < 1.29 is 35.8 Å². The number of rotatable bonds is 6. The number of hydrogen-bond acceptors (Lipinski definition) is 8. The van der Waals surface area contributed by atoms with Gasteiger partial charge in [-0.3, -0.25) is 4.98 Å². The van der Waals surface area contributed by atoms with Crippen molar-refractivity contribution >= 4 is 15.8 Å². The first-order valence-electron chi connectivity index (χ1n) is 10.1. The van der Waals surface area contributed by atoms with Crippen LogP contribution in [0.1, 0.15) is 19.5 Å². The fourth-order valence-electron chi connectivity index (χ4n) is 3.77. The van der Waals surface area contributed by atoms with E-state index < -0.39 is 52.0 Å². The molecule has 2 saturated heterocycles. The first kappa shape index (κ1) is 23.8. The van der Waals surface area contributed by atoms with Crippen LogP contribution in [0.15, 0.2) is 47.6 Å². The maximum absolute atomic E-state index is 13.0. The van der Waals surface area contributed by atoms with Crippen molar-refractivity contribution in [3.05, 3.63) is 48.4 Å². The van der Waals surface area contributed by atoms with Crippen molar-refractivity contribution in [3.63, 3.8) is 0 Å². The molecule has 4 atom stereocenters. The number of nitrogens with zero attached hydrogens (tertiary/aromatic N) is 2. The number of aromatic nitrogens is 2. The molecule has 0 amide bonds. The molecule has 0 unspecified atom stereocenters. The molecule has 9 nitrogen and oxygen atoms in total. The van der Waals surface area contributed by atoms with Crippen molar-refractivity contribution in [2.75, 3.05) is 18.5 Å². The van der Waals surface area contributed by atoms with Crippen molar-refractivity contribution in [2.45, 2.75) is 55.1 Å². The SMILES string of the molecule is CC1(C)O[C@@H]2[C@H](O1)[C@@H](Nc1cncc(C(F)(F)F)n1)CO[C@@H]2CNS(=O)(=O)c1ccccc1. The van der Waals surface area contributed by atoms with Gasteiger partial charge in [0.1, 0.15) is 24.1 Å². The predicted molar refractivity (Wildman–Crippen MR) is 110 cm³/mol. The molecule has 13 heteroatoms. The maximum Gasteiger partial charge on any atom is 0.434 e. The van der Waals surface area contributed by atoms with Crippen molar-refractivity contribution in [1.29, 1.82) is 0 Å². The second-order valence-electron chi connectivity index (χ2n) is 8.14. The first-order chi connectivity index (χ1) is 15.4. The fraction of sp³-hybridized carbons (Fsp3) is 0.500. The number of sulfonamides is 1. The summed E-state index contributed by atoms with van der Waals surface area (Å²) in [6, 6.07) is 7.29. The molecule has 0 saturated carbocycles. The fourth-order valence-corrected chi connectivity index (χ4v) is 4.83. The highest BCUT2D eigenvalue weighted by Crippen LogP contribution is 2.36. The number of hydrogen-bond donors (Lipinski definition) is 2. The van der Waals surface area contributed by atoms with E-state index in [2.05, 4.69) is 20.0 Å². The topological polar surface area (TPSA) is 112 Å². The van der Waals surface area contributed by atoms with Gasteiger partial charge in [-0.15, -0.1) is 0 Å². The van der Waals surface area contributed by atoms with Crippen LogP contribution in [-0.4, -0.2) is 61.7 Å². The zero-order valence-electron chi connectivity index (χ0n) is 17.7. The molecule has 1 aromatic carbocycles. The molecule has 3 heterocycles. The Balaban J connectivity index is 1.47. The molecule has 1 aromatic heterocycles. The lowest BCUT2D eigenvalue weighted by atomic mass is 9.98. The Bertz CT molecular complexity index is 1080. The summed E-state index contributed by atoms with van der Waals surface area (Å²) >= 11 is 0. The highest BCUT2D eigenvalue weighted by molar-refractivity contribution is 7.89. The molecule has 4 rings (SSSR count). The quantitative estimate of drug-likeness (QED) is 0.637. The summed E-state index contributed by atoms with van der Waals surface area (Å²) in [4.78, 5) is 7.28. The van der Waals surface area contributed by atoms with E-state index in [1.807, 2.05) is 0 Å². The molecule has 2 fully saturated rings. The number of ether oxygens (including phenoxy) is 3. The molecule has 33 heavy (non-hydrogen) atoms. The number of nitrogens with one attached hydrogen (secondary N) is 2. The first-order valence-corrected chi connectivity index (χ1v) is 11.6. The van der Waals surface area contributed by atoms with E-state index in [4.69, 9.17) is 14.2 Å². The van der Waals surface area contributed by atoms with Gasteiger partial charge in [-0.1, -0.05) is 18.2 Å². The van der Waals surface area contributed by atoms with Crippen LogP contribution in [0.5, 0.6) is 0 Å². The van der Waals surface area contributed by atoms with Gasteiger partial charge in [-0.05, 0) is 26.0 Å². The Hall–Kier alpha value is -2.32. The highest BCUT2D eigenvalue weighted by Gasteiger charge is 2.52. The summed E-state index contributed by atoms with van der Waals surface area (Å²) in [5.74, 6) is -1.09. The van der Waals surface area contributed by atoms with E-state index in [0.29, 0.717) is 6.20 Å². The van der Waals surface area contributed by atoms with Crippen LogP contribution in [0.25, 0.3) is 0 Å². The summed E-state index contributed by atoms with van der Waals surface area (Å²) < 4.78 is 84.3. The molecule has 2 aromatic rings. The van der Waals surface area contributed by atoms with Crippen molar-refractivity contribution in [1.82, 2.24) is 14.7 Å². The lowest BCUT2D eigenvalue weighted by Gasteiger charge is -2.37. The molecule has 2 N–H and O–H groups in total. The lowest BCUT2D eigenvalue weighted by molar-refractivity contribution is -0.153. The molecule has 0 spiro atoms. The van der Waals surface area contributed by atoms with Gasteiger partial charge in [-0.2, -0.15) is 13.2 Å². The molecule has 0 aliphatic carbocycles. The monoisotopic (exact) mass is 488 g/mol. The van der Waals surface area contributed by atoms with Crippen LogP contribution in [0.3, 0.4) is 0 Å². The van der Waals surface area contributed by atoms with Gasteiger partial charge in [0.15, 0.2) is 11.5 Å². The highest BCUT2D eigenvalue weighted by atomic mass is 32.2. The number of halogens is 3. The minimum Gasteiger partial charge on any atom is -0.372 e. The second kappa shape index (κ2) is 8.80. The Morgan fingerprint density at radius 1 is 1.12 bits per heavy atom. The van der Waals surface area contributed by atoms with Gasteiger partial charge in [0.05, 0.1) is 29.9 Å². The zero-order chi connectivity index (χ0) is 23.9. The third-order valence-electron chi connectivity index (χ3n) is 5.20. The smallest absolute Gasteiger partial charge is 0.372 e. The van der Waals surface area contributed by atoms with E-state index in [-0.39, 0.29) is 23.9 Å². The van der Waals surface area contributed by atoms with Crippen molar-refractivity contribution in [2.24, 2.45) is 0 Å². The molecule has 0 bridgehead atoms. The number of anilines is 1. The van der Waals surface area contributed by atoms with E-state index in [0.717, 1.165) is 0 Å². The van der Waals surface area contributed by atoms with Gasteiger partial charge in [0, 0.05) is 6.54 Å². The summed E-state index contributed by atoms with van der Waals surface area (Å²) in [6.45, 7) is 3.33. The van der Waals surface area contributed by atoms with Crippen molar-refractivity contribution in [3.8, 4) is 0 Å². The van der Waals surface area contributed by atoms with Crippen LogP contribution in [0.2, 0.25) is 0 Å². The van der Waals surface area contributed by atoms with Gasteiger partial charge in [0.25, 0.3) is 0 Å². The second-order valence-corrected chi connectivity index (χ2v) is 9.91. The van der Waals surface area contributed by atoms with Crippen LogP contribution in [-0.2, 0) is 30.4 Å². The average molecular weight is 488 g/mol. The molecule has 2 aliphatic rings. The summed E-state index contributed by atoms with van der Waals surface area (Å²) in [7, 11) is -3.76. The van der Waals surface area contributed by atoms with E-state index >= 15 is 0 Å². The molecule has 180 valence electrons. The normalized spacial score (nSPS) is 27.2. The third kappa shape index (κ3) is 5.44. The summed E-state index contributed by atoms with van der Waals surface area (Å²) in [5, 5.41) is 2.88.